The van der Waals surface area contributed by atoms with Crippen LogP contribution in [0.2, 0.25) is 0 Å². The Morgan fingerprint density at radius 2 is 1.89 bits per heavy atom. The van der Waals surface area contributed by atoms with E-state index in [2.05, 4.69) is 5.32 Å². The predicted molar refractivity (Wildman–Crippen MR) is 59.0 cm³/mol. The summed E-state index contributed by atoms with van der Waals surface area (Å²) < 4.78 is 35.7. The van der Waals surface area contributed by atoms with E-state index in [1.54, 1.807) is 0 Å². The van der Waals surface area contributed by atoms with E-state index in [-0.39, 0.29) is 5.69 Å². The summed E-state index contributed by atoms with van der Waals surface area (Å²) in [5.41, 5.74) is -0.448. The van der Waals surface area contributed by atoms with Crippen LogP contribution in [0.25, 0.3) is 0 Å². The summed E-state index contributed by atoms with van der Waals surface area (Å²) >= 11 is 0. The van der Waals surface area contributed by atoms with Gasteiger partial charge in [0.05, 0.1) is 6.42 Å². The fraction of sp³-hybridized carbons (Fsp3) is 0.273. The van der Waals surface area contributed by atoms with Gasteiger partial charge < -0.3 is 15.5 Å². The van der Waals surface area contributed by atoms with Crippen molar-refractivity contribution in [1.29, 1.82) is 0 Å². The number of phenols is 1. The van der Waals surface area contributed by atoms with E-state index >= 15 is 0 Å². The highest BCUT2D eigenvalue weighted by molar-refractivity contribution is 5.95. The zero-order valence-corrected chi connectivity index (χ0v) is 9.49. The number of aromatic hydroxyl groups is 1. The molecule has 0 heterocycles. The molecule has 1 rings (SSSR count). The smallest absolute Gasteiger partial charge is 0.389 e. The number of carbonyl (C=O) groups excluding carboxylic acids is 1. The van der Waals surface area contributed by atoms with Gasteiger partial charge in [0.2, 0.25) is 5.91 Å². The minimum absolute atomic E-state index is 0.00220. The predicted octanol–water partition coefficient (Wildman–Crippen LogP) is 2.37. The van der Waals surface area contributed by atoms with E-state index in [0.717, 1.165) is 12.1 Å². The van der Waals surface area contributed by atoms with Gasteiger partial charge in [-0.15, -0.1) is 0 Å². The normalized spacial score (nSPS) is 11.1. The number of carboxylic acid groups (broad SMARTS) is 1. The molecule has 8 heteroatoms. The molecule has 1 aromatic carbocycles. The van der Waals surface area contributed by atoms with Gasteiger partial charge in [0.25, 0.3) is 0 Å². The highest BCUT2D eigenvalue weighted by atomic mass is 19.4. The average Bonchev–Trinajstić information content (AvgIpc) is 2.28. The Kier molecular flexibility index (Phi) is 4.36. The maximum Gasteiger partial charge on any atom is 0.389 e. The first-order valence-corrected chi connectivity index (χ1v) is 5.12. The van der Waals surface area contributed by atoms with Crippen LogP contribution in [0.5, 0.6) is 5.75 Å². The number of hydrogen-bond acceptors (Lipinski definition) is 3. The van der Waals surface area contributed by atoms with Gasteiger partial charge in [-0.25, -0.2) is 4.79 Å². The van der Waals surface area contributed by atoms with Gasteiger partial charge in [-0.2, -0.15) is 13.2 Å². The lowest BCUT2D eigenvalue weighted by Gasteiger charge is -2.08. The van der Waals surface area contributed by atoms with Crippen LogP contribution in [0.3, 0.4) is 0 Å². The number of benzene rings is 1. The highest BCUT2D eigenvalue weighted by Crippen LogP contribution is 2.23. The number of nitrogens with one attached hydrogen (secondary N) is 1. The second-order valence-corrected chi connectivity index (χ2v) is 3.70. The molecule has 0 radical (unpaired) electrons. The lowest BCUT2D eigenvalue weighted by Crippen LogP contribution is -2.16. The number of amides is 1. The summed E-state index contributed by atoms with van der Waals surface area (Å²) in [5, 5.41) is 20.0. The molecule has 1 amide bonds. The molecule has 0 unspecified atom stereocenters. The largest absolute Gasteiger partial charge is 0.507 e. The topological polar surface area (TPSA) is 86.6 Å². The van der Waals surface area contributed by atoms with Gasteiger partial charge in [0, 0.05) is 12.1 Å². The molecule has 0 aliphatic rings. The van der Waals surface area contributed by atoms with Gasteiger partial charge in [-0.1, -0.05) is 0 Å². The van der Waals surface area contributed by atoms with Crippen LogP contribution in [0.4, 0.5) is 18.9 Å². The molecule has 1 aromatic rings. The molecule has 0 fully saturated rings. The molecule has 5 nitrogen and oxygen atoms in total. The number of halogens is 3. The van der Waals surface area contributed by atoms with Crippen molar-refractivity contribution in [3.63, 3.8) is 0 Å². The van der Waals surface area contributed by atoms with Crippen LogP contribution in [-0.2, 0) is 4.79 Å². The standard InChI is InChI=1S/C11H10F3NO4/c12-11(13,14)4-3-9(17)15-6-1-2-8(16)7(5-6)10(18)19/h1-2,5,16H,3-4H2,(H,15,17)(H,18,19). The van der Waals surface area contributed by atoms with E-state index in [9.17, 15) is 27.9 Å². The fourth-order valence-electron chi connectivity index (χ4n) is 1.26. The number of anilines is 1. The van der Waals surface area contributed by atoms with Crippen LogP contribution < -0.4 is 5.32 Å². The third kappa shape index (κ3) is 4.86. The van der Waals surface area contributed by atoms with Crippen LogP contribution >= 0.6 is 0 Å². The zero-order chi connectivity index (χ0) is 14.6. The molecule has 104 valence electrons. The summed E-state index contributed by atoms with van der Waals surface area (Å²) in [6.07, 6.45) is -6.45. The third-order valence-electron chi connectivity index (χ3n) is 2.15. The molecule has 0 aliphatic heterocycles. The van der Waals surface area contributed by atoms with Crippen LogP contribution in [-0.4, -0.2) is 28.3 Å². The molecule has 0 atom stereocenters. The molecule has 0 aliphatic carbocycles. The van der Waals surface area contributed by atoms with Crippen molar-refractivity contribution in [2.75, 3.05) is 5.32 Å². The lowest BCUT2D eigenvalue weighted by atomic mass is 10.1. The Balaban J connectivity index is 2.70. The van der Waals surface area contributed by atoms with Crippen LogP contribution in [0.15, 0.2) is 18.2 Å². The molecule has 3 N–H and O–H groups in total. The molecule has 0 aromatic heterocycles. The molecular weight excluding hydrogens is 267 g/mol. The average molecular weight is 277 g/mol. The van der Waals surface area contributed by atoms with E-state index in [1.165, 1.54) is 6.07 Å². The number of carbonyl (C=O) groups is 2. The molecule has 19 heavy (non-hydrogen) atoms. The first-order chi connectivity index (χ1) is 8.69. The van der Waals surface area contributed by atoms with Gasteiger partial charge in [-0.05, 0) is 18.2 Å². The quantitative estimate of drug-likeness (QED) is 0.737. The Bertz CT molecular complexity index is 499. The summed E-state index contributed by atoms with van der Waals surface area (Å²) in [6, 6.07) is 3.18. The van der Waals surface area contributed by atoms with E-state index < -0.39 is 42.2 Å². The van der Waals surface area contributed by atoms with E-state index in [1.807, 2.05) is 0 Å². The monoisotopic (exact) mass is 277 g/mol. The summed E-state index contributed by atoms with van der Waals surface area (Å²) in [5.74, 6) is -2.80. The molecule has 0 bridgehead atoms. The third-order valence-corrected chi connectivity index (χ3v) is 2.15. The summed E-state index contributed by atoms with van der Waals surface area (Å²) in [7, 11) is 0. The molecule has 0 saturated heterocycles. The van der Waals surface area contributed by atoms with Crippen molar-refractivity contribution in [1.82, 2.24) is 0 Å². The number of rotatable bonds is 4. The maximum atomic E-state index is 11.9. The highest BCUT2D eigenvalue weighted by Gasteiger charge is 2.27. The lowest BCUT2D eigenvalue weighted by molar-refractivity contribution is -0.142. The first kappa shape index (κ1) is 14.8. The van der Waals surface area contributed by atoms with Crippen molar-refractivity contribution in [2.45, 2.75) is 19.0 Å². The zero-order valence-electron chi connectivity index (χ0n) is 9.49. The first-order valence-electron chi connectivity index (χ1n) is 5.12. The van der Waals surface area contributed by atoms with Crippen molar-refractivity contribution >= 4 is 17.6 Å². The van der Waals surface area contributed by atoms with Gasteiger partial charge >= 0.3 is 12.1 Å². The van der Waals surface area contributed by atoms with E-state index in [4.69, 9.17) is 5.11 Å². The number of hydrogen-bond donors (Lipinski definition) is 3. The second-order valence-electron chi connectivity index (χ2n) is 3.70. The van der Waals surface area contributed by atoms with Crippen LogP contribution in [0.1, 0.15) is 23.2 Å². The maximum absolute atomic E-state index is 11.9. The van der Waals surface area contributed by atoms with Crippen molar-refractivity contribution in [3.8, 4) is 5.75 Å². The number of alkyl halides is 3. The Morgan fingerprint density at radius 1 is 1.26 bits per heavy atom. The van der Waals surface area contributed by atoms with Gasteiger partial charge in [-0.3, -0.25) is 4.79 Å². The van der Waals surface area contributed by atoms with Gasteiger partial charge in [0.15, 0.2) is 0 Å². The molecular formula is C11H10F3NO4. The SMILES string of the molecule is O=C(CCC(F)(F)F)Nc1ccc(O)c(C(=O)O)c1. The van der Waals surface area contributed by atoms with Crippen molar-refractivity contribution in [2.24, 2.45) is 0 Å². The van der Waals surface area contributed by atoms with Gasteiger partial charge in [0.1, 0.15) is 11.3 Å². The van der Waals surface area contributed by atoms with Crippen molar-refractivity contribution < 1.29 is 33.0 Å². The van der Waals surface area contributed by atoms with Crippen molar-refractivity contribution in [3.05, 3.63) is 23.8 Å². The minimum Gasteiger partial charge on any atom is -0.507 e. The fourth-order valence-corrected chi connectivity index (χ4v) is 1.26. The molecule has 0 saturated carbocycles. The summed E-state index contributed by atoms with van der Waals surface area (Å²) in [6.45, 7) is 0. The van der Waals surface area contributed by atoms with Crippen LogP contribution in [0, 0.1) is 0 Å². The molecule has 0 spiro atoms. The Hall–Kier alpha value is -2.25. The van der Waals surface area contributed by atoms with E-state index in [0.29, 0.717) is 0 Å². The number of aromatic carboxylic acids is 1. The second kappa shape index (κ2) is 5.59. The Labute approximate surface area is 105 Å². The Morgan fingerprint density at radius 3 is 2.42 bits per heavy atom. The minimum atomic E-state index is -4.43. The number of carboxylic acids is 1. The summed E-state index contributed by atoms with van der Waals surface area (Å²) in [4.78, 5) is 21.9.